The Morgan fingerprint density at radius 2 is 1.95 bits per heavy atom. The lowest BCUT2D eigenvalue weighted by Gasteiger charge is -2.25. The highest BCUT2D eigenvalue weighted by atomic mass is 35.5. The van der Waals surface area contributed by atoms with Gasteiger partial charge in [0.15, 0.2) is 4.80 Å². The van der Waals surface area contributed by atoms with Gasteiger partial charge in [-0.25, -0.2) is 9.79 Å². The first kappa shape index (κ1) is 29.0. The number of furan rings is 1. The lowest BCUT2D eigenvalue weighted by molar-refractivity contribution is -0.384. The number of nitrogens with zero attached hydrogens (tertiary/aromatic N) is 3. The number of ether oxygens (including phenoxy) is 2. The number of halogens is 1. The first-order valence-electron chi connectivity index (χ1n) is 13.1. The minimum atomic E-state index is -0.771. The number of carbonyl (C=O) groups is 1. The molecule has 216 valence electrons. The highest BCUT2D eigenvalue weighted by molar-refractivity contribution is 7.07. The number of rotatable bonds is 8. The van der Waals surface area contributed by atoms with Crippen LogP contribution in [0.5, 0.6) is 5.75 Å². The molecule has 3 heterocycles. The third-order valence-electron chi connectivity index (χ3n) is 6.42. The van der Waals surface area contributed by atoms with Gasteiger partial charge in [-0.15, -0.1) is 0 Å². The summed E-state index contributed by atoms with van der Waals surface area (Å²) < 4.78 is 18.9. The molecule has 0 amide bonds. The second-order valence-corrected chi connectivity index (χ2v) is 11.1. The van der Waals surface area contributed by atoms with Crippen LogP contribution >= 0.6 is 22.9 Å². The van der Waals surface area contributed by atoms with Crippen molar-refractivity contribution in [3.05, 3.63) is 112 Å². The molecule has 0 aliphatic carbocycles. The Labute approximate surface area is 248 Å². The fourth-order valence-corrected chi connectivity index (χ4v) is 5.82. The van der Waals surface area contributed by atoms with E-state index in [9.17, 15) is 19.7 Å². The number of carbonyl (C=O) groups excluding carboxylic acids is 1. The van der Waals surface area contributed by atoms with E-state index in [-0.39, 0.29) is 27.9 Å². The number of hydrogen-bond donors (Lipinski definition) is 0. The monoisotopic (exact) mass is 607 g/mol. The highest BCUT2D eigenvalue weighted by Crippen LogP contribution is 2.33. The number of allylic oxidation sites excluding steroid dienone is 1. The summed E-state index contributed by atoms with van der Waals surface area (Å²) in [4.78, 5) is 42.9. The van der Waals surface area contributed by atoms with Gasteiger partial charge in [0.05, 0.1) is 39.5 Å². The van der Waals surface area contributed by atoms with Crippen LogP contribution < -0.4 is 19.6 Å². The highest BCUT2D eigenvalue weighted by Gasteiger charge is 2.34. The maximum absolute atomic E-state index is 13.9. The van der Waals surface area contributed by atoms with Gasteiger partial charge >= 0.3 is 5.97 Å². The van der Waals surface area contributed by atoms with Crippen LogP contribution in [-0.4, -0.2) is 28.2 Å². The molecule has 1 aliphatic rings. The van der Waals surface area contributed by atoms with Crippen molar-refractivity contribution in [2.75, 3.05) is 6.61 Å². The van der Waals surface area contributed by atoms with Crippen molar-refractivity contribution in [3.8, 4) is 17.1 Å². The molecule has 0 unspecified atom stereocenters. The fourth-order valence-electron chi connectivity index (χ4n) is 4.61. The van der Waals surface area contributed by atoms with Crippen molar-refractivity contribution in [2.45, 2.75) is 39.8 Å². The van der Waals surface area contributed by atoms with Gasteiger partial charge in [-0.2, -0.15) is 0 Å². The quantitative estimate of drug-likeness (QED) is 0.149. The first-order valence-corrected chi connectivity index (χ1v) is 14.3. The number of thiazole rings is 1. The second kappa shape index (κ2) is 11.8. The zero-order chi connectivity index (χ0) is 30.1. The SMILES string of the molecule is CCOc1ccc([C@H]2C(C(=O)OC(C)C)=C(C)N=c3s/c(=C/c4ccc(-c5ccc(Cl)c([N+](=O)[O-])c5)o4)c(=O)n32)cc1. The lowest BCUT2D eigenvalue weighted by Crippen LogP contribution is -2.40. The number of hydrogen-bond acceptors (Lipinski definition) is 9. The number of nitro groups is 1. The van der Waals surface area contributed by atoms with Crippen LogP contribution in [0.2, 0.25) is 5.02 Å². The van der Waals surface area contributed by atoms with Gasteiger partial charge in [-0.1, -0.05) is 35.1 Å². The summed E-state index contributed by atoms with van der Waals surface area (Å²) in [6, 6.07) is 14.1. The van der Waals surface area contributed by atoms with Crippen LogP contribution in [0.15, 0.2) is 80.1 Å². The molecule has 2 aromatic carbocycles. The molecular weight excluding hydrogens is 582 g/mol. The second-order valence-electron chi connectivity index (χ2n) is 9.66. The van der Waals surface area contributed by atoms with E-state index < -0.39 is 16.9 Å². The molecule has 0 saturated carbocycles. The molecule has 1 atom stereocenters. The summed E-state index contributed by atoms with van der Waals surface area (Å²) in [5, 5.41) is 11.3. The van der Waals surface area contributed by atoms with Crippen LogP contribution in [-0.2, 0) is 9.53 Å². The summed E-state index contributed by atoms with van der Waals surface area (Å²) in [5.41, 5.74) is 1.29. The van der Waals surface area contributed by atoms with Crippen molar-refractivity contribution >= 4 is 40.7 Å². The first-order chi connectivity index (χ1) is 20.1. The Hall–Kier alpha value is -4.48. The number of fused-ring (bicyclic) bond motifs is 1. The standard InChI is InChI=1S/C30H26ClN3O7S/c1-5-39-20-9-6-18(7-10-20)27-26(29(36)40-16(2)3)17(4)32-30-33(27)28(35)25(42-30)15-21-11-13-24(41-21)19-8-12-22(31)23(14-19)34(37)38/h6-16,27H,5H2,1-4H3/b25-15+/t27-/m0/s1. The Balaban J connectivity index is 1.60. The smallest absolute Gasteiger partial charge is 0.338 e. The van der Waals surface area contributed by atoms with E-state index in [1.807, 2.05) is 19.1 Å². The Bertz CT molecular complexity index is 1900. The minimum absolute atomic E-state index is 0.0191. The zero-order valence-electron chi connectivity index (χ0n) is 23.1. The number of aromatic nitrogens is 1. The summed E-state index contributed by atoms with van der Waals surface area (Å²) >= 11 is 7.10. The average Bonchev–Trinajstić information content (AvgIpc) is 3.52. The number of esters is 1. The van der Waals surface area contributed by atoms with Crippen molar-refractivity contribution in [3.63, 3.8) is 0 Å². The normalized spacial score (nSPS) is 15.0. The topological polar surface area (TPSA) is 126 Å². The summed E-state index contributed by atoms with van der Waals surface area (Å²) in [7, 11) is 0. The van der Waals surface area contributed by atoms with Crippen LogP contribution in [0, 0.1) is 10.1 Å². The molecular formula is C30H26ClN3O7S. The molecule has 0 radical (unpaired) electrons. The largest absolute Gasteiger partial charge is 0.494 e. The van der Waals surface area contributed by atoms with Gasteiger partial charge in [-0.3, -0.25) is 19.5 Å². The Morgan fingerprint density at radius 1 is 1.21 bits per heavy atom. The molecule has 0 bridgehead atoms. The third-order valence-corrected chi connectivity index (χ3v) is 7.72. The Morgan fingerprint density at radius 3 is 2.62 bits per heavy atom. The van der Waals surface area contributed by atoms with Gasteiger partial charge in [0.2, 0.25) is 0 Å². The van der Waals surface area contributed by atoms with Gasteiger partial charge in [0.1, 0.15) is 22.3 Å². The molecule has 0 fully saturated rings. The summed E-state index contributed by atoms with van der Waals surface area (Å²) in [6.45, 7) is 7.63. The lowest BCUT2D eigenvalue weighted by atomic mass is 9.96. The van der Waals surface area contributed by atoms with E-state index in [4.69, 9.17) is 25.5 Å². The molecule has 0 saturated heterocycles. The Kier molecular flexibility index (Phi) is 8.15. The molecule has 4 aromatic rings. The maximum Gasteiger partial charge on any atom is 0.338 e. The molecule has 12 heteroatoms. The van der Waals surface area contributed by atoms with Gasteiger partial charge in [-0.05, 0) is 69.7 Å². The van der Waals surface area contributed by atoms with Crippen molar-refractivity contribution in [2.24, 2.45) is 4.99 Å². The van der Waals surface area contributed by atoms with E-state index in [1.165, 1.54) is 16.7 Å². The molecule has 5 rings (SSSR count). The number of nitro benzene ring substituents is 1. The molecule has 0 spiro atoms. The van der Waals surface area contributed by atoms with Crippen LogP contribution in [0.1, 0.15) is 45.1 Å². The predicted molar refractivity (Wildman–Crippen MR) is 158 cm³/mol. The average molecular weight is 608 g/mol. The minimum Gasteiger partial charge on any atom is -0.494 e. The van der Waals surface area contributed by atoms with E-state index >= 15 is 0 Å². The number of benzene rings is 2. The molecule has 42 heavy (non-hydrogen) atoms. The predicted octanol–water partition coefficient (Wildman–Crippen LogP) is 5.41. The molecule has 1 aliphatic heterocycles. The van der Waals surface area contributed by atoms with E-state index in [1.54, 1.807) is 57.2 Å². The molecule has 0 N–H and O–H groups in total. The van der Waals surface area contributed by atoms with E-state index in [0.29, 0.717) is 50.0 Å². The third kappa shape index (κ3) is 5.65. The summed E-state index contributed by atoms with van der Waals surface area (Å²) in [6.07, 6.45) is 1.22. The fraction of sp³-hybridized carbons (Fsp3) is 0.233. The van der Waals surface area contributed by atoms with Gasteiger partial charge < -0.3 is 13.9 Å². The maximum atomic E-state index is 13.9. The van der Waals surface area contributed by atoms with Crippen molar-refractivity contribution < 1.29 is 23.6 Å². The van der Waals surface area contributed by atoms with Crippen molar-refractivity contribution in [1.82, 2.24) is 4.57 Å². The van der Waals surface area contributed by atoms with E-state index in [0.717, 1.165) is 11.3 Å². The molecule has 2 aromatic heterocycles. The van der Waals surface area contributed by atoms with Crippen LogP contribution in [0.4, 0.5) is 5.69 Å². The zero-order valence-corrected chi connectivity index (χ0v) is 24.7. The van der Waals surface area contributed by atoms with E-state index in [2.05, 4.69) is 4.99 Å². The summed E-state index contributed by atoms with van der Waals surface area (Å²) in [5.74, 6) is 0.851. The van der Waals surface area contributed by atoms with Crippen molar-refractivity contribution in [1.29, 1.82) is 0 Å². The van der Waals surface area contributed by atoms with Crippen LogP contribution in [0.25, 0.3) is 17.4 Å². The van der Waals surface area contributed by atoms with Gasteiger partial charge in [0, 0.05) is 17.7 Å². The van der Waals surface area contributed by atoms with Crippen LogP contribution in [0.3, 0.4) is 0 Å². The molecule has 10 nitrogen and oxygen atoms in total. The van der Waals surface area contributed by atoms with Gasteiger partial charge in [0.25, 0.3) is 11.2 Å².